The summed E-state index contributed by atoms with van der Waals surface area (Å²) < 4.78 is 32.9. The van der Waals surface area contributed by atoms with Crippen LogP contribution in [0.2, 0.25) is 0 Å². The van der Waals surface area contributed by atoms with Gasteiger partial charge in [0.15, 0.2) is 11.2 Å². The molecular weight excluding hydrogens is 416 g/mol. The van der Waals surface area contributed by atoms with Crippen molar-refractivity contribution in [1.82, 2.24) is 0 Å². The molecule has 0 aromatic rings. The molecule has 0 saturated carbocycles. The number of ether oxygens (including phenoxy) is 6. The number of carbonyl (C=O) groups is 2. The fraction of sp³-hybridized carbons (Fsp3) is 0.833. The van der Waals surface area contributed by atoms with Gasteiger partial charge in [0.2, 0.25) is 0 Å². The van der Waals surface area contributed by atoms with Gasteiger partial charge in [-0.05, 0) is 69.2 Å². The van der Waals surface area contributed by atoms with Crippen LogP contribution < -0.4 is 0 Å². The van der Waals surface area contributed by atoms with Gasteiger partial charge in [-0.3, -0.25) is 0 Å². The Balaban J connectivity index is 4.27. The molecule has 0 radical (unpaired) electrons. The molecule has 2 atom stereocenters. The highest BCUT2D eigenvalue weighted by Crippen LogP contribution is 2.14. The SMILES string of the molecule is CC(C)OC(C)COC(=O)C(C)(C)OC/C=C/COC(C)(C)C(=O)OCC(C)OC(C)C. The first-order valence-electron chi connectivity index (χ1n) is 11.3. The molecule has 8 heteroatoms. The summed E-state index contributed by atoms with van der Waals surface area (Å²) in [5, 5.41) is 0. The molecule has 0 heterocycles. The van der Waals surface area contributed by atoms with E-state index in [1.807, 2.05) is 41.5 Å². The zero-order valence-electron chi connectivity index (χ0n) is 21.6. The van der Waals surface area contributed by atoms with Gasteiger partial charge in [-0.15, -0.1) is 0 Å². The lowest BCUT2D eigenvalue weighted by Gasteiger charge is -2.24. The van der Waals surface area contributed by atoms with Gasteiger partial charge in [-0.1, -0.05) is 12.2 Å². The van der Waals surface area contributed by atoms with Gasteiger partial charge in [0, 0.05) is 0 Å². The summed E-state index contributed by atoms with van der Waals surface area (Å²) in [6.07, 6.45) is 3.20. The Labute approximate surface area is 193 Å². The van der Waals surface area contributed by atoms with E-state index in [9.17, 15) is 9.59 Å². The van der Waals surface area contributed by atoms with Gasteiger partial charge in [0.25, 0.3) is 0 Å². The fourth-order valence-corrected chi connectivity index (χ4v) is 2.51. The van der Waals surface area contributed by atoms with Crippen LogP contribution in [0.4, 0.5) is 0 Å². The van der Waals surface area contributed by atoms with Crippen LogP contribution in [0.5, 0.6) is 0 Å². The molecule has 0 aromatic carbocycles. The monoisotopic (exact) mass is 460 g/mol. The highest BCUT2D eigenvalue weighted by molar-refractivity contribution is 5.79. The van der Waals surface area contributed by atoms with Gasteiger partial charge in [-0.2, -0.15) is 0 Å². The minimum Gasteiger partial charge on any atom is -0.461 e. The summed E-state index contributed by atoms with van der Waals surface area (Å²) >= 11 is 0. The normalized spacial score (nSPS) is 14.8. The molecule has 0 fully saturated rings. The lowest BCUT2D eigenvalue weighted by Crippen LogP contribution is -2.38. The van der Waals surface area contributed by atoms with Crippen LogP contribution in [0.25, 0.3) is 0 Å². The van der Waals surface area contributed by atoms with Gasteiger partial charge in [0.05, 0.1) is 37.6 Å². The fourth-order valence-electron chi connectivity index (χ4n) is 2.51. The lowest BCUT2D eigenvalue weighted by atomic mass is 10.1. The molecule has 32 heavy (non-hydrogen) atoms. The van der Waals surface area contributed by atoms with Crippen molar-refractivity contribution in [1.29, 1.82) is 0 Å². The largest absolute Gasteiger partial charge is 0.461 e. The molecule has 0 saturated heterocycles. The van der Waals surface area contributed by atoms with E-state index in [4.69, 9.17) is 28.4 Å². The van der Waals surface area contributed by atoms with Crippen molar-refractivity contribution in [3.05, 3.63) is 12.2 Å². The second kappa shape index (κ2) is 14.6. The number of hydrogen-bond acceptors (Lipinski definition) is 8. The first-order valence-corrected chi connectivity index (χ1v) is 11.3. The number of esters is 2. The maximum Gasteiger partial charge on any atom is 0.337 e. The van der Waals surface area contributed by atoms with E-state index in [-0.39, 0.29) is 50.8 Å². The zero-order valence-corrected chi connectivity index (χ0v) is 21.6. The molecule has 0 aliphatic carbocycles. The van der Waals surface area contributed by atoms with Crippen molar-refractivity contribution in [3.63, 3.8) is 0 Å². The predicted molar refractivity (Wildman–Crippen MR) is 122 cm³/mol. The number of rotatable bonds is 16. The zero-order chi connectivity index (χ0) is 24.9. The van der Waals surface area contributed by atoms with Crippen LogP contribution >= 0.6 is 0 Å². The highest BCUT2D eigenvalue weighted by atomic mass is 16.6. The van der Waals surface area contributed by atoms with Crippen LogP contribution in [0.1, 0.15) is 69.2 Å². The van der Waals surface area contributed by atoms with Crippen LogP contribution in [0.3, 0.4) is 0 Å². The summed E-state index contributed by atoms with van der Waals surface area (Å²) in [6.45, 7) is 18.7. The van der Waals surface area contributed by atoms with E-state index < -0.39 is 23.1 Å². The second-order valence-corrected chi connectivity index (χ2v) is 9.30. The van der Waals surface area contributed by atoms with E-state index in [2.05, 4.69) is 0 Å². The van der Waals surface area contributed by atoms with Gasteiger partial charge in [-0.25, -0.2) is 9.59 Å². The van der Waals surface area contributed by atoms with E-state index in [0.29, 0.717) is 0 Å². The Bertz CT molecular complexity index is 531. The van der Waals surface area contributed by atoms with E-state index in [0.717, 1.165) is 0 Å². The topological polar surface area (TPSA) is 89.5 Å². The molecule has 2 unspecified atom stereocenters. The minimum absolute atomic E-state index is 0.0644. The molecule has 8 nitrogen and oxygen atoms in total. The average molecular weight is 461 g/mol. The summed E-state index contributed by atoms with van der Waals surface area (Å²) in [5.41, 5.74) is -2.19. The third-order valence-corrected chi connectivity index (χ3v) is 4.14. The van der Waals surface area contributed by atoms with Gasteiger partial charge >= 0.3 is 11.9 Å². The van der Waals surface area contributed by atoms with E-state index in [1.54, 1.807) is 39.8 Å². The van der Waals surface area contributed by atoms with Crippen molar-refractivity contribution in [2.45, 2.75) is 105 Å². The molecule has 0 bridgehead atoms. The molecule has 0 aliphatic rings. The van der Waals surface area contributed by atoms with E-state index >= 15 is 0 Å². The quantitative estimate of drug-likeness (QED) is 0.253. The third-order valence-electron chi connectivity index (χ3n) is 4.14. The Hall–Kier alpha value is -1.48. The van der Waals surface area contributed by atoms with Crippen molar-refractivity contribution < 1.29 is 38.0 Å². The lowest BCUT2D eigenvalue weighted by molar-refractivity contribution is -0.172. The molecule has 0 aromatic heterocycles. The summed E-state index contributed by atoms with van der Waals surface area (Å²) in [4.78, 5) is 24.5. The molecule has 0 spiro atoms. The summed E-state index contributed by atoms with van der Waals surface area (Å²) in [7, 11) is 0. The molecule has 0 amide bonds. The number of carbonyl (C=O) groups excluding carboxylic acids is 2. The second-order valence-electron chi connectivity index (χ2n) is 9.30. The molecule has 188 valence electrons. The third kappa shape index (κ3) is 13.8. The Kier molecular flexibility index (Phi) is 13.9. The molecule has 0 aliphatic heterocycles. The van der Waals surface area contributed by atoms with Crippen LogP contribution in [0.15, 0.2) is 12.2 Å². The van der Waals surface area contributed by atoms with Crippen LogP contribution in [-0.2, 0) is 38.0 Å². The first kappa shape index (κ1) is 30.5. The van der Waals surface area contributed by atoms with Gasteiger partial charge < -0.3 is 28.4 Å². The Morgan fingerprint density at radius 3 is 1.25 bits per heavy atom. The van der Waals surface area contributed by atoms with Crippen molar-refractivity contribution in [2.75, 3.05) is 26.4 Å². The molecule has 0 rings (SSSR count). The van der Waals surface area contributed by atoms with Gasteiger partial charge in [0.1, 0.15) is 13.2 Å². The van der Waals surface area contributed by atoms with Crippen LogP contribution in [0, 0.1) is 0 Å². The number of hydrogen-bond donors (Lipinski definition) is 0. The van der Waals surface area contributed by atoms with Crippen molar-refractivity contribution >= 4 is 11.9 Å². The molecular formula is C24H44O8. The van der Waals surface area contributed by atoms with Crippen molar-refractivity contribution in [3.8, 4) is 0 Å². The first-order chi connectivity index (χ1) is 14.7. The standard InChI is InChI=1S/C24H44O8/c1-17(2)31-19(5)15-27-21(25)23(7,8)29-13-11-12-14-30-24(9,10)22(26)28-16-20(6)32-18(3)4/h11-12,17-20H,13-16H2,1-10H3/b12-11+. The van der Waals surface area contributed by atoms with Crippen molar-refractivity contribution in [2.24, 2.45) is 0 Å². The minimum atomic E-state index is -1.10. The average Bonchev–Trinajstić information content (AvgIpc) is 2.65. The molecule has 0 N–H and O–H groups in total. The Morgan fingerprint density at radius 2 is 0.969 bits per heavy atom. The van der Waals surface area contributed by atoms with E-state index in [1.165, 1.54) is 0 Å². The Morgan fingerprint density at radius 1 is 0.656 bits per heavy atom. The maximum absolute atomic E-state index is 12.2. The summed E-state index contributed by atoms with van der Waals surface area (Å²) in [5.74, 6) is -0.915. The highest BCUT2D eigenvalue weighted by Gasteiger charge is 2.31. The maximum atomic E-state index is 12.2. The van der Waals surface area contributed by atoms with Crippen LogP contribution in [-0.4, -0.2) is 74.0 Å². The summed E-state index contributed by atoms with van der Waals surface area (Å²) in [6, 6.07) is 0. The predicted octanol–water partition coefficient (Wildman–Crippen LogP) is 3.85. The smallest absolute Gasteiger partial charge is 0.337 e.